The summed E-state index contributed by atoms with van der Waals surface area (Å²) in [5, 5.41) is 115. The summed E-state index contributed by atoms with van der Waals surface area (Å²) in [6.45, 7) is 9.31. The number of rotatable bonds is 12. The average Bonchev–Trinajstić information content (AvgIpc) is 3.74. The number of hydrogen-bond donors (Lipinski definition) is 11. The summed E-state index contributed by atoms with van der Waals surface area (Å²) in [6.07, 6.45) is -13.8. The van der Waals surface area contributed by atoms with Gasteiger partial charge in [0.1, 0.15) is 73.2 Å². The van der Waals surface area contributed by atoms with Crippen molar-refractivity contribution in [3.8, 4) is 0 Å². The van der Waals surface area contributed by atoms with Crippen molar-refractivity contribution >= 4 is 0 Å². The predicted octanol–water partition coefficient (Wildman–Crippen LogP) is -0.911. The van der Waals surface area contributed by atoms with Gasteiger partial charge in [0.15, 0.2) is 18.9 Å². The summed E-state index contributed by atoms with van der Waals surface area (Å²) in [5.74, 6) is 2.11. The third-order valence-electron chi connectivity index (χ3n) is 16.8. The second-order valence-corrected chi connectivity index (χ2v) is 20.5. The van der Waals surface area contributed by atoms with Gasteiger partial charge in [0.25, 0.3) is 0 Å². The highest BCUT2D eigenvalue weighted by atomic mass is 16.8. The van der Waals surface area contributed by atoms with Crippen molar-refractivity contribution in [2.24, 2.45) is 40.4 Å². The van der Waals surface area contributed by atoms with Gasteiger partial charge in [-0.1, -0.05) is 32.4 Å². The van der Waals surface area contributed by atoms with Gasteiger partial charge in [-0.3, -0.25) is 0 Å². The second-order valence-electron chi connectivity index (χ2n) is 20.5. The Balaban J connectivity index is 0.908. The van der Waals surface area contributed by atoms with E-state index in [0.29, 0.717) is 37.5 Å². The monoisotopic (exact) mass is 900 g/mol. The third kappa shape index (κ3) is 8.38. The molecule has 4 aliphatic heterocycles. The molecule has 0 aromatic rings. The molecule has 18 heteroatoms. The van der Waals surface area contributed by atoms with E-state index in [0.717, 1.165) is 37.0 Å². The van der Waals surface area contributed by atoms with E-state index >= 15 is 0 Å². The van der Waals surface area contributed by atoms with Crippen molar-refractivity contribution in [2.45, 2.75) is 196 Å². The van der Waals surface area contributed by atoms with Gasteiger partial charge in [-0.05, 0) is 87.0 Å². The predicted molar refractivity (Wildman–Crippen MR) is 218 cm³/mol. The van der Waals surface area contributed by atoms with Crippen LogP contribution >= 0.6 is 0 Å². The molecule has 8 rings (SSSR count). The first kappa shape index (κ1) is 48.1. The van der Waals surface area contributed by atoms with Crippen LogP contribution in [0, 0.1) is 40.4 Å². The van der Waals surface area contributed by atoms with Gasteiger partial charge < -0.3 is 89.3 Å². The summed E-state index contributed by atoms with van der Waals surface area (Å²) in [5.41, 5.74) is 1.91. The highest BCUT2D eigenvalue weighted by molar-refractivity contribution is 5.31. The first-order chi connectivity index (χ1) is 29.8. The Morgan fingerprint density at radius 3 is 2.08 bits per heavy atom. The molecule has 11 N–H and O–H groups in total. The highest BCUT2D eigenvalue weighted by Gasteiger charge is 2.65. The van der Waals surface area contributed by atoms with Gasteiger partial charge in [0.05, 0.1) is 43.9 Å². The molecule has 360 valence electrons. The molecule has 63 heavy (non-hydrogen) atoms. The fourth-order valence-corrected chi connectivity index (χ4v) is 13.1. The Bertz CT molecular complexity index is 1660. The SMILES string of the molecule is CC1=C(CC[C@@H](C)CO[C@@H]2O[C@H](CO)[C@@H](O)[C@H](O)[C@H]2O[C@@H]2O[C@@H](C)[C@H](O)[C@@H](O)[C@H]2O)O[C@H]2C[C@H]3[C@@H]4CC=C5C[C@@H](O)C[C@@H](O[C@@H]6O[C@H](CO)[C@H](O)[C@H](O)[C@H]6O)[C@]5(C)[C@H]4CC[C@]3(C)[C@@H]12. The summed E-state index contributed by atoms with van der Waals surface area (Å²) >= 11 is 0. The number of fused-ring (bicyclic) bond motifs is 7. The lowest BCUT2D eigenvalue weighted by molar-refractivity contribution is -0.365. The van der Waals surface area contributed by atoms with E-state index in [1.807, 2.05) is 6.92 Å². The number of ether oxygens (including phenoxy) is 7. The molecule has 0 bridgehead atoms. The molecule has 0 aromatic heterocycles. The van der Waals surface area contributed by atoms with Crippen LogP contribution in [0.25, 0.3) is 0 Å². The van der Waals surface area contributed by atoms with Gasteiger partial charge in [-0.25, -0.2) is 0 Å². The van der Waals surface area contributed by atoms with Crippen LogP contribution in [0.1, 0.15) is 86.0 Å². The van der Waals surface area contributed by atoms with Crippen molar-refractivity contribution in [3.05, 3.63) is 23.0 Å². The number of hydrogen-bond acceptors (Lipinski definition) is 18. The molecule has 4 aliphatic carbocycles. The molecule has 0 unspecified atom stereocenters. The summed E-state index contributed by atoms with van der Waals surface area (Å²) in [4.78, 5) is 0. The molecule has 3 saturated carbocycles. The average molecular weight is 901 g/mol. The Labute approximate surface area is 368 Å². The van der Waals surface area contributed by atoms with Crippen molar-refractivity contribution in [1.29, 1.82) is 0 Å². The Morgan fingerprint density at radius 1 is 0.762 bits per heavy atom. The fraction of sp³-hybridized carbons (Fsp3) is 0.911. The maximum absolute atomic E-state index is 11.0. The van der Waals surface area contributed by atoms with Gasteiger partial charge in [0, 0.05) is 24.2 Å². The summed E-state index contributed by atoms with van der Waals surface area (Å²) < 4.78 is 42.5. The number of aliphatic hydroxyl groups is 11. The zero-order chi connectivity index (χ0) is 45.4. The van der Waals surface area contributed by atoms with Crippen LogP contribution in [-0.2, 0) is 33.2 Å². The van der Waals surface area contributed by atoms with E-state index in [1.165, 1.54) is 12.5 Å². The Morgan fingerprint density at radius 2 is 1.40 bits per heavy atom. The van der Waals surface area contributed by atoms with Crippen molar-refractivity contribution < 1.29 is 89.3 Å². The maximum atomic E-state index is 11.0. The summed E-state index contributed by atoms with van der Waals surface area (Å²) in [6, 6.07) is 0. The molecule has 0 aromatic carbocycles. The van der Waals surface area contributed by atoms with Crippen LogP contribution < -0.4 is 0 Å². The third-order valence-corrected chi connectivity index (χ3v) is 16.8. The molecule has 8 aliphatic rings. The van der Waals surface area contributed by atoms with Crippen LogP contribution in [-0.4, -0.2) is 186 Å². The van der Waals surface area contributed by atoms with E-state index in [9.17, 15) is 56.2 Å². The molecule has 4 heterocycles. The number of aliphatic hydroxyl groups excluding tert-OH is 11. The lowest BCUT2D eigenvalue weighted by Crippen LogP contribution is -2.64. The van der Waals surface area contributed by atoms with Gasteiger partial charge in [-0.2, -0.15) is 0 Å². The molecule has 0 radical (unpaired) electrons. The summed E-state index contributed by atoms with van der Waals surface area (Å²) in [7, 11) is 0. The zero-order valence-corrected chi connectivity index (χ0v) is 36.9. The largest absolute Gasteiger partial charge is 0.494 e. The van der Waals surface area contributed by atoms with E-state index in [2.05, 4.69) is 26.8 Å². The first-order valence-corrected chi connectivity index (χ1v) is 23.1. The van der Waals surface area contributed by atoms with Crippen LogP contribution in [0.3, 0.4) is 0 Å². The van der Waals surface area contributed by atoms with Crippen LogP contribution in [0.2, 0.25) is 0 Å². The molecule has 0 spiro atoms. The normalized spacial score (nSPS) is 52.6. The molecular formula is C45H72O18. The zero-order valence-electron chi connectivity index (χ0n) is 36.9. The molecular weight excluding hydrogens is 828 g/mol. The molecule has 6 fully saturated rings. The number of allylic oxidation sites excluding steroid dienone is 2. The minimum Gasteiger partial charge on any atom is -0.494 e. The standard InChI is InChI=1S/C45H72O18/c1-18(17-57-43-40(37(54)34(51)29(16-47)61-43)63-41-38(55)35(52)32(49)20(3)58-41)6-9-26-19(2)31-27(59-26)14-25-23-8-7-21-12-22(48)13-30(45(21,5)24(23)10-11-44(25,31)4)62-42-39(56)36(53)33(50)28(15-46)60-42/h7,18,20,22-25,27-43,46-56H,6,8-17H2,1-5H3/t18-,20+,22-,23-,24+,25+,27+,28-,29-,30-,31+,32+,33+,34-,35-,36+,37+,38-,39-,40-,41+,42+,43-,44+,45+/m1/s1. The van der Waals surface area contributed by atoms with E-state index in [4.69, 9.17) is 33.2 Å². The van der Waals surface area contributed by atoms with E-state index in [-0.39, 0.29) is 35.9 Å². The lowest BCUT2D eigenvalue weighted by atomic mass is 9.46. The highest BCUT2D eigenvalue weighted by Crippen LogP contribution is 2.69. The van der Waals surface area contributed by atoms with E-state index in [1.54, 1.807) is 0 Å². The Hall–Kier alpha value is -1.40. The smallest absolute Gasteiger partial charge is 0.187 e. The second kappa shape index (κ2) is 18.6. The van der Waals surface area contributed by atoms with Gasteiger partial charge in [0.2, 0.25) is 0 Å². The van der Waals surface area contributed by atoms with Crippen LogP contribution in [0.15, 0.2) is 23.0 Å². The van der Waals surface area contributed by atoms with E-state index < -0.39 is 123 Å². The molecule has 18 nitrogen and oxygen atoms in total. The van der Waals surface area contributed by atoms with Crippen molar-refractivity contribution in [2.75, 3.05) is 19.8 Å². The van der Waals surface area contributed by atoms with Crippen LogP contribution in [0.5, 0.6) is 0 Å². The Kier molecular flexibility index (Phi) is 14.2. The van der Waals surface area contributed by atoms with Crippen LogP contribution in [0.4, 0.5) is 0 Å². The quantitative estimate of drug-likeness (QED) is 0.106. The fourth-order valence-electron chi connectivity index (χ4n) is 13.1. The molecule has 25 atom stereocenters. The topological polar surface area (TPSA) is 287 Å². The van der Waals surface area contributed by atoms with Gasteiger partial charge >= 0.3 is 0 Å². The minimum absolute atomic E-state index is 0.0145. The van der Waals surface area contributed by atoms with Crippen molar-refractivity contribution in [1.82, 2.24) is 0 Å². The lowest BCUT2D eigenvalue weighted by Gasteiger charge is -2.60. The molecule has 3 saturated heterocycles. The molecule has 0 amide bonds. The maximum Gasteiger partial charge on any atom is 0.187 e. The first-order valence-electron chi connectivity index (χ1n) is 23.1. The minimum atomic E-state index is -1.66. The van der Waals surface area contributed by atoms with Crippen molar-refractivity contribution in [3.63, 3.8) is 0 Å². The van der Waals surface area contributed by atoms with Gasteiger partial charge in [-0.15, -0.1) is 0 Å².